The van der Waals surface area contributed by atoms with Crippen LogP contribution >= 0.6 is 0 Å². The van der Waals surface area contributed by atoms with Crippen LogP contribution in [0.2, 0.25) is 0 Å². The van der Waals surface area contributed by atoms with Crippen LogP contribution in [0.5, 0.6) is 0 Å². The van der Waals surface area contributed by atoms with Crippen molar-refractivity contribution < 1.29 is 0 Å². The van der Waals surface area contributed by atoms with Gasteiger partial charge in [-0.15, -0.1) is 0 Å². The zero-order valence-electron chi connectivity index (χ0n) is 11.3. The van der Waals surface area contributed by atoms with E-state index in [9.17, 15) is 9.59 Å². The van der Waals surface area contributed by atoms with Crippen molar-refractivity contribution in [3.8, 4) is 0 Å². The molecule has 5 heteroatoms. The van der Waals surface area contributed by atoms with Crippen LogP contribution in [0.4, 0.5) is 5.82 Å². The minimum absolute atomic E-state index is 0.0167. The average molecular weight is 271 g/mol. The highest BCUT2D eigenvalue weighted by atomic mass is 16.2. The highest BCUT2D eigenvalue weighted by Gasteiger charge is 2.26. The Morgan fingerprint density at radius 2 is 1.95 bits per heavy atom. The summed E-state index contributed by atoms with van der Waals surface area (Å²) in [7, 11) is 0. The normalized spacial score (nSPS) is 15.8. The minimum atomic E-state index is -0.331. The Labute approximate surface area is 116 Å². The number of benzene rings is 1. The fraction of sp³-hybridized carbons (Fsp3) is 0.333. The summed E-state index contributed by atoms with van der Waals surface area (Å²) in [4.78, 5) is 26.6. The molecule has 2 aromatic rings. The van der Waals surface area contributed by atoms with Crippen molar-refractivity contribution >= 4 is 5.82 Å². The van der Waals surface area contributed by atoms with E-state index >= 15 is 0 Å². The molecule has 1 atom stereocenters. The number of H-pyrrole nitrogens is 1. The van der Waals surface area contributed by atoms with Crippen LogP contribution in [0.25, 0.3) is 0 Å². The lowest BCUT2D eigenvalue weighted by atomic mass is 10.1. The quantitative estimate of drug-likeness (QED) is 0.894. The summed E-state index contributed by atoms with van der Waals surface area (Å²) in [5.74, 6) is 0.466. The van der Waals surface area contributed by atoms with Crippen molar-refractivity contribution in [3.63, 3.8) is 0 Å². The monoisotopic (exact) mass is 271 g/mol. The number of hydrogen-bond acceptors (Lipinski definition) is 3. The standard InChI is InChI=1S/C15H17N3O2/c1-10(11-5-3-2-4-6-11)16-13-9-14(19)18(12-7-8-12)15(20)17-13/h2-6,9-10,12,16H,7-8H2,1H3,(H,17,20). The maximum atomic E-state index is 12.0. The van der Waals surface area contributed by atoms with Gasteiger partial charge in [-0.3, -0.25) is 14.3 Å². The molecule has 1 saturated carbocycles. The van der Waals surface area contributed by atoms with Gasteiger partial charge in [0.05, 0.1) is 0 Å². The molecule has 2 N–H and O–H groups in total. The van der Waals surface area contributed by atoms with Gasteiger partial charge in [-0.1, -0.05) is 30.3 Å². The molecule has 1 aromatic carbocycles. The molecule has 0 bridgehead atoms. The molecule has 20 heavy (non-hydrogen) atoms. The number of anilines is 1. The van der Waals surface area contributed by atoms with Gasteiger partial charge < -0.3 is 5.32 Å². The second-order valence-corrected chi connectivity index (χ2v) is 5.20. The van der Waals surface area contributed by atoms with E-state index < -0.39 is 0 Å². The van der Waals surface area contributed by atoms with E-state index in [0.29, 0.717) is 5.82 Å². The van der Waals surface area contributed by atoms with E-state index in [2.05, 4.69) is 10.3 Å². The zero-order valence-corrected chi connectivity index (χ0v) is 11.3. The van der Waals surface area contributed by atoms with Gasteiger partial charge in [0.2, 0.25) is 0 Å². The van der Waals surface area contributed by atoms with Crippen LogP contribution in [0.15, 0.2) is 46.0 Å². The van der Waals surface area contributed by atoms with Gasteiger partial charge in [-0.25, -0.2) is 4.79 Å². The van der Waals surface area contributed by atoms with Crippen molar-refractivity contribution in [2.24, 2.45) is 0 Å². The van der Waals surface area contributed by atoms with Crippen LogP contribution in [0.1, 0.15) is 37.4 Å². The Bertz CT molecular complexity index is 683. The van der Waals surface area contributed by atoms with E-state index in [1.54, 1.807) is 0 Å². The van der Waals surface area contributed by atoms with E-state index in [4.69, 9.17) is 0 Å². The first kappa shape index (κ1) is 12.7. The summed E-state index contributed by atoms with van der Waals surface area (Å²) >= 11 is 0. The van der Waals surface area contributed by atoms with Crippen molar-refractivity contribution in [2.75, 3.05) is 5.32 Å². The predicted octanol–water partition coefficient (Wildman–Crippen LogP) is 2.04. The predicted molar refractivity (Wildman–Crippen MR) is 78.1 cm³/mol. The fourth-order valence-corrected chi connectivity index (χ4v) is 2.32. The van der Waals surface area contributed by atoms with Crippen molar-refractivity contribution in [1.29, 1.82) is 0 Å². The molecule has 0 aliphatic heterocycles. The van der Waals surface area contributed by atoms with Gasteiger partial charge in [0.1, 0.15) is 5.82 Å². The summed E-state index contributed by atoms with van der Waals surface area (Å²) in [6, 6.07) is 11.4. The molecule has 0 spiro atoms. The summed E-state index contributed by atoms with van der Waals surface area (Å²) in [6.45, 7) is 1.99. The lowest BCUT2D eigenvalue weighted by Gasteiger charge is -2.15. The Kier molecular flexibility index (Phi) is 3.18. The van der Waals surface area contributed by atoms with Gasteiger partial charge in [0, 0.05) is 18.2 Å². The van der Waals surface area contributed by atoms with Crippen LogP contribution < -0.4 is 16.6 Å². The van der Waals surface area contributed by atoms with Crippen LogP contribution in [0, 0.1) is 0 Å². The molecule has 5 nitrogen and oxygen atoms in total. The first-order valence-corrected chi connectivity index (χ1v) is 6.82. The topological polar surface area (TPSA) is 66.9 Å². The number of aromatic nitrogens is 2. The molecular weight excluding hydrogens is 254 g/mol. The third kappa shape index (κ3) is 2.52. The van der Waals surface area contributed by atoms with E-state index in [1.807, 2.05) is 37.3 Å². The van der Waals surface area contributed by atoms with E-state index in [-0.39, 0.29) is 23.3 Å². The van der Waals surface area contributed by atoms with Crippen molar-refractivity contribution in [3.05, 3.63) is 62.8 Å². The Morgan fingerprint density at radius 1 is 1.25 bits per heavy atom. The smallest absolute Gasteiger partial charge is 0.330 e. The number of nitrogens with zero attached hydrogens (tertiary/aromatic N) is 1. The first-order valence-electron chi connectivity index (χ1n) is 6.82. The number of rotatable bonds is 4. The molecule has 0 radical (unpaired) electrons. The molecule has 0 saturated heterocycles. The SMILES string of the molecule is CC(Nc1cc(=O)n(C2CC2)c(=O)[nH]1)c1ccccc1. The van der Waals surface area contributed by atoms with Crippen LogP contribution in [-0.4, -0.2) is 9.55 Å². The molecule has 1 fully saturated rings. The highest BCUT2D eigenvalue weighted by Crippen LogP contribution is 2.32. The summed E-state index contributed by atoms with van der Waals surface area (Å²) < 4.78 is 1.30. The lowest BCUT2D eigenvalue weighted by molar-refractivity contribution is 0.654. The second kappa shape index (κ2) is 5.00. The van der Waals surface area contributed by atoms with Gasteiger partial charge in [0.25, 0.3) is 5.56 Å². The molecule has 1 aromatic heterocycles. The first-order chi connectivity index (χ1) is 9.65. The molecule has 1 aliphatic rings. The second-order valence-electron chi connectivity index (χ2n) is 5.20. The highest BCUT2D eigenvalue weighted by molar-refractivity contribution is 5.36. The minimum Gasteiger partial charge on any atom is -0.365 e. The third-order valence-corrected chi connectivity index (χ3v) is 3.55. The number of hydrogen-bond donors (Lipinski definition) is 2. The van der Waals surface area contributed by atoms with Crippen molar-refractivity contribution in [1.82, 2.24) is 9.55 Å². The van der Waals surface area contributed by atoms with E-state index in [1.165, 1.54) is 10.6 Å². The summed E-state index contributed by atoms with van der Waals surface area (Å²) in [6.07, 6.45) is 1.83. The Hall–Kier alpha value is -2.30. The summed E-state index contributed by atoms with van der Waals surface area (Å²) in [5.41, 5.74) is 0.529. The van der Waals surface area contributed by atoms with Gasteiger partial charge in [0.15, 0.2) is 0 Å². The molecule has 1 aliphatic carbocycles. The Balaban J connectivity index is 1.85. The maximum Gasteiger partial charge on any atom is 0.330 e. The van der Waals surface area contributed by atoms with Gasteiger partial charge in [-0.2, -0.15) is 0 Å². The van der Waals surface area contributed by atoms with E-state index in [0.717, 1.165) is 18.4 Å². The van der Waals surface area contributed by atoms with Crippen LogP contribution in [0.3, 0.4) is 0 Å². The largest absolute Gasteiger partial charge is 0.365 e. The third-order valence-electron chi connectivity index (χ3n) is 3.55. The number of aromatic amines is 1. The average Bonchev–Trinajstić information content (AvgIpc) is 3.23. The van der Waals surface area contributed by atoms with Gasteiger partial charge >= 0.3 is 5.69 Å². The molecule has 0 amide bonds. The molecule has 1 heterocycles. The maximum absolute atomic E-state index is 12.0. The fourth-order valence-electron chi connectivity index (χ4n) is 2.32. The summed E-state index contributed by atoms with van der Waals surface area (Å²) in [5, 5.41) is 3.16. The molecular formula is C15H17N3O2. The zero-order chi connectivity index (χ0) is 14.1. The lowest BCUT2D eigenvalue weighted by Crippen LogP contribution is -2.34. The molecule has 1 unspecified atom stereocenters. The molecule has 104 valence electrons. The van der Waals surface area contributed by atoms with Crippen LogP contribution in [-0.2, 0) is 0 Å². The number of nitrogens with one attached hydrogen (secondary N) is 2. The Morgan fingerprint density at radius 3 is 2.55 bits per heavy atom. The van der Waals surface area contributed by atoms with Crippen molar-refractivity contribution in [2.45, 2.75) is 31.8 Å². The molecule has 3 rings (SSSR count). The van der Waals surface area contributed by atoms with Gasteiger partial charge in [-0.05, 0) is 25.3 Å².